The Kier molecular flexibility index (Phi) is 5.04. The van der Waals surface area contributed by atoms with Gasteiger partial charge in [-0.1, -0.05) is 0 Å². The molecule has 0 saturated heterocycles. The molecule has 1 aromatic heterocycles. The predicted octanol–water partition coefficient (Wildman–Crippen LogP) is 3.48. The zero-order chi connectivity index (χ0) is 16.3. The molecule has 6 nitrogen and oxygen atoms in total. The van der Waals surface area contributed by atoms with Crippen LogP contribution in [0.2, 0.25) is 0 Å². The molecule has 0 atom stereocenters. The molecular formula is C14H12BrNO5S. The van der Waals surface area contributed by atoms with E-state index in [1.807, 2.05) is 0 Å². The van der Waals surface area contributed by atoms with E-state index in [4.69, 9.17) is 9.47 Å². The van der Waals surface area contributed by atoms with Crippen molar-refractivity contribution in [1.29, 1.82) is 0 Å². The van der Waals surface area contributed by atoms with E-state index < -0.39 is 11.9 Å². The summed E-state index contributed by atoms with van der Waals surface area (Å²) in [5.74, 6) is -0.971. The minimum Gasteiger partial charge on any atom is -0.493 e. The highest BCUT2D eigenvalue weighted by Gasteiger charge is 2.19. The van der Waals surface area contributed by atoms with Crippen molar-refractivity contribution in [3.63, 3.8) is 0 Å². The summed E-state index contributed by atoms with van der Waals surface area (Å²) in [6.45, 7) is 0. The quantitative estimate of drug-likeness (QED) is 0.822. The molecule has 2 aromatic rings. The van der Waals surface area contributed by atoms with E-state index in [-0.39, 0.29) is 17.0 Å². The maximum absolute atomic E-state index is 12.2. The summed E-state index contributed by atoms with van der Waals surface area (Å²) < 4.78 is 11.0. The Morgan fingerprint density at radius 2 is 1.82 bits per heavy atom. The van der Waals surface area contributed by atoms with Gasteiger partial charge in [0.1, 0.15) is 0 Å². The maximum atomic E-state index is 12.2. The molecule has 116 valence electrons. The van der Waals surface area contributed by atoms with Gasteiger partial charge >= 0.3 is 5.97 Å². The van der Waals surface area contributed by atoms with Gasteiger partial charge in [0, 0.05) is 12.1 Å². The van der Waals surface area contributed by atoms with Gasteiger partial charge in [0.15, 0.2) is 11.5 Å². The fourth-order valence-electron chi connectivity index (χ4n) is 1.78. The van der Waals surface area contributed by atoms with E-state index >= 15 is 0 Å². The highest BCUT2D eigenvalue weighted by atomic mass is 79.9. The summed E-state index contributed by atoms with van der Waals surface area (Å²) in [6.07, 6.45) is 0. The van der Waals surface area contributed by atoms with Crippen LogP contribution in [0.4, 0.5) is 5.69 Å². The number of rotatable bonds is 5. The lowest BCUT2D eigenvalue weighted by Crippen LogP contribution is -2.14. The number of thiophene rings is 1. The SMILES string of the molecule is COc1cc(NC(=O)c2ccc(Br)s2)c(C(=O)O)cc1OC. The highest BCUT2D eigenvalue weighted by molar-refractivity contribution is 9.11. The average Bonchev–Trinajstić information content (AvgIpc) is 2.93. The van der Waals surface area contributed by atoms with Gasteiger partial charge in [0.25, 0.3) is 5.91 Å². The second kappa shape index (κ2) is 6.80. The molecule has 0 aliphatic heterocycles. The molecule has 0 unspecified atom stereocenters. The first kappa shape index (κ1) is 16.3. The van der Waals surface area contributed by atoms with Crippen LogP contribution in [0, 0.1) is 0 Å². The summed E-state index contributed by atoms with van der Waals surface area (Å²) in [7, 11) is 2.84. The van der Waals surface area contributed by atoms with Crippen LogP contribution in [0.25, 0.3) is 0 Å². The first-order valence-corrected chi connectivity index (χ1v) is 7.63. The Morgan fingerprint density at radius 1 is 1.18 bits per heavy atom. The van der Waals surface area contributed by atoms with Crippen molar-refractivity contribution in [2.24, 2.45) is 0 Å². The number of amides is 1. The largest absolute Gasteiger partial charge is 0.493 e. The van der Waals surface area contributed by atoms with Gasteiger partial charge in [-0.3, -0.25) is 4.79 Å². The van der Waals surface area contributed by atoms with Crippen molar-refractivity contribution >= 4 is 44.8 Å². The summed E-state index contributed by atoms with van der Waals surface area (Å²) in [4.78, 5) is 24.0. The molecule has 0 aliphatic rings. The van der Waals surface area contributed by atoms with Crippen LogP contribution >= 0.6 is 27.3 Å². The Balaban J connectivity index is 2.40. The molecule has 1 aromatic carbocycles. The molecule has 0 bridgehead atoms. The van der Waals surface area contributed by atoms with E-state index in [1.54, 1.807) is 12.1 Å². The molecule has 0 radical (unpaired) electrons. The van der Waals surface area contributed by atoms with Crippen LogP contribution in [0.5, 0.6) is 11.5 Å². The monoisotopic (exact) mass is 385 g/mol. The number of anilines is 1. The second-order valence-corrected chi connectivity index (χ2v) is 6.58. The summed E-state index contributed by atoms with van der Waals surface area (Å²) in [6, 6.07) is 6.11. The van der Waals surface area contributed by atoms with Gasteiger partial charge in [-0.15, -0.1) is 11.3 Å². The Labute approximate surface area is 138 Å². The molecular weight excluding hydrogens is 374 g/mol. The lowest BCUT2D eigenvalue weighted by Gasteiger charge is -2.13. The number of carboxylic acid groups (broad SMARTS) is 1. The van der Waals surface area contributed by atoms with Crippen LogP contribution < -0.4 is 14.8 Å². The number of methoxy groups -OCH3 is 2. The van der Waals surface area contributed by atoms with Crippen LogP contribution in [0.1, 0.15) is 20.0 Å². The topological polar surface area (TPSA) is 84.9 Å². The van der Waals surface area contributed by atoms with Gasteiger partial charge in [-0.25, -0.2) is 4.79 Å². The molecule has 0 saturated carbocycles. The van der Waals surface area contributed by atoms with E-state index in [0.29, 0.717) is 10.6 Å². The first-order valence-electron chi connectivity index (χ1n) is 6.02. The van der Waals surface area contributed by atoms with Gasteiger partial charge in [-0.2, -0.15) is 0 Å². The molecule has 2 rings (SSSR count). The van der Waals surface area contributed by atoms with Crippen LogP contribution in [0.15, 0.2) is 28.1 Å². The minimum atomic E-state index is -1.18. The number of benzene rings is 1. The lowest BCUT2D eigenvalue weighted by atomic mass is 10.1. The number of hydrogen-bond donors (Lipinski definition) is 2. The van der Waals surface area contributed by atoms with Crippen molar-refractivity contribution in [3.8, 4) is 11.5 Å². The average molecular weight is 386 g/mol. The van der Waals surface area contributed by atoms with Crippen molar-refractivity contribution in [2.45, 2.75) is 0 Å². The molecule has 22 heavy (non-hydrogen) atoms. The van der Waals surface area contributed by atoms with Crippen LogP contribution in [-0.4, -0.2) is 31.2 Å². The number of ether oxygens (including phenoxy) is 2. The van der Waals surface area contributed by atoms with Crippen molar-refractivity contribution in [1.82, 2.24) is 0 Å². The maximum Gasteiger partial charge on any atom is 0.337 e. The van der Waals surface area contributed by atoms with Gasteiger partial charge in [-0.05, 0) is 28.1 Å². The third-order valence-electron chi connectivity index (χ3n) is 2.80. The van der Waals surface area contributed by atoms with Crippen molar-refractivity contribution in [2.75, 3.05) is 19.5 Å². The van der Waals surface area contributed by atoms with Crippen LogP contribution in [0.3, 0.4) is 0 Å². The number of carbonyl (C=O) groups excluding carboxylic acids is 1. The third kappa shape index (κ3) is 3.40. The van der Waals surface area contributed by atoms with E-state index in [2.05, 4.69) is 21.2 Å². The molecule has 0 aliphatic carbocycles. The van der Waals surface area contributed by atoms with Crippen molar-refractivity contribution in [3.05, 3.63) is 38.5 Å². The fourth-order valence-corrected chi connectivity index (χ4v) is 3.06. The number of halogens is 1. The summed E-state index contributed by atoms with van der Waals surface area (Å²) in [5.41, 5.74) is 0.0568. The third-order valence-corrected chi connectivity index (χ3v) is 4.42. The van der Waals surface area contributed by atoms with E-state index in [1.165, 1.54) is 37.7 Å². The Bertz CT molecular complexity index is 728. The number of aromatic carboxylic acids is 1. The van der Waals surface area contributed by atoms with Gasteiger partial charge in [0.05, 0.1) is 34.1 Å². The molecule has 2 N–H and O–H groups in total. The predicted molar refractivity (Wildman–Crippen MR) is 86.5 cm³/mol. The zero-order valence-electron chi connectivity index (χ0n) is 11.7. The number of hydrogen-bond acceptors (Lipinski definition) is 5. The molecule has 0 fully saturated rings. The van der Waals surface area contributed by atoms with E-state index in [0.717, 1.165) is 3.79 Å². The fraction of sp³-hybridized carbons (Fsp3) is 0.143. The molecule has 1 heterocycles. The van der Waals surface area contributed by atoms with E-state index in [9.17, 15) is 14.7 Å². The molecule has 8 heteroatoms. The highest BCUT2D eigenvalue weighted by Crippen LogP contribution is 2.34. The molecule has 0 spiro atoms. The standard InChI is InChI=1S/C14H12BrNO5S/c1-20-9-5-7(14(18)19)8(6-10(9)21-2)16-13(17)11-3-4-12(15)22-11/h3-6H,1-2H3,(H,16,17)(H,18,19). The van der Waals surface area contributed by atoms with Crippen molar-refractivity contribution < 1.29 is 24.2 Å². The molecule has 1 amide bonds. The summed E-state index contributed by atoms with van der Waals surface area (Å²) in [5, 5.41) is 11.9. The first-order chi connectivity index (χ1) is 10.5. The zero-order valence-corrected chi connectivity index (χ0v) is 14.1. The Morgan fingerprint density at radius 3 is 2.32 bits per heavy atom. The number of carboxylic acids is 1. The van der Waals surface area contributed by atoms with Gasteiger partial charge in [0.2, 0.25) is 0 Å². The lowest BCUT2D eigenvalue weighted by molar-refractivity contribution is 0.0697. The Hall–Kier alpha value is -2.06. The normalized spacial score (nSPS) is 10.1. The van der Waals surface area contributed by atoms with Gasteiger partial charge < -0.3 is 19.9 Å². The minimum absolute atomic E-state index is 0.0818. The number of nitrogens with one attached hydrogen (secondary N) is 1. The smallest absolute Gasteiger partial charge is 0.337 e. The van der Waals surface area contributed by atoms with Crippen LogP contribution in [-0.2, 0) is 0 Å². The second-order valence-electron chi connectivity index (χ2n) is 4.12. The summed E-state index contributed by atoms with van der Waals surface area (Å²) >= 11 is 4.52. The number of carbonyl (C=O) groups is 2.